The molecule has 1 aliphatic rings. The van der Waals surface area contributed by atoms with E-state index in [0.29, 0.717) is 36.9 Å². The van der Waals surface area contributed by atoms with Crippen LogP contribution in [0.2, 0.25) is 0 Å². The van der Waals surface area contributed by atoms with Crippen molar-refractivity contribution in [3.05, 3.63) is 40.7 Å². The van der Waals surface area contributed by atoms with E-state index in [-0.39, 0.29) is 5.91 Å². The fraction of sp³-hybridized carbons (Fsp3) is 0.583. The summed E-state index contributed by atoms with van der Waals surface area (Å²) in [5.74, 6) is 0.507. The second-order valence-corrected chi connectivity index (χ2v) is 10.9. The Labute approximate surface area is 192 Å². The van der Waals surface area contributed by atoms with Crippen LogP contribution in [-0.4, -0.2) is 48.0 Å². The molecule has 0 bridgehead atoms. The number of aryl methyl sites for hydroxylation is 2. The monoisotopic (exact) mass is 460 g/mol. The van der Waals surface area contributed by atoms with E-state index >= 15 is 0 Å². The topological polar surface area (TPSA) is 75.5 Å². The lowest BCUT2D eigenvalue weighted by Crippen LogP contribution is -2.37. The first-order valence-electron chi connectivity index (χ1n) is 11.6. The van der Waals surface area contributed by atoms with Crippen molar-refractivity contribution in [3.63, 3.8) is 0 Å². The first-order chi connectivity index (χ1) is 15.1. The number of aromatic nitrogens is 2. The average molecular weight is 461 g/mol. The van der Waals surface area contributed by atoms with Crippen molar-refractivity contribution < 1.29 is 13.2 Å². The molecule has 0 unspecified atom stereocenters. The number of sulfonamides is 1. The molecule has 0 fully saturated rings. The van der Waals surface area contributed by atoms with Gasteiger partial charge < -0.3 is 4.90 Å². The van der Waals surface area contributed by atoms with Crippen molar-refractivity contribution in [2.24, 2.45) is 5.92 Å². The number of hydrogen-bond donors (Lipinski definition) is 0. The minimum Gasteiger partial charge on any atom is -0.312 e. The van der Waals surface area contributed by atoms with E-state index in [1.165, 1.54) is 4.31 Å². The van der Waals surface area contributed by atoms with Crippen LogP contribution < -0.4 is 4.90 Å². The average Bonchev–Trinajstić information content (AvgIpc) is 3.00. The van der Waals surface area contributed by atoms with E-state index < -0.39 is 10.0 Å². The van der Waals surface area contributed by atoms with E-state index in [9.17, 15) is 13.2 Å². The second kappa shape index (κ2) is 9.75. The molecule has 1 aliphatic heterocycles. The van der Waals surface area contributed by atoms with Crippen LogP contribution in [0.1, 0.15) is 56.6 Å². The van der Waals surface area contributed by atoms with E-state index in [2.05, 4.69) is 18.9 Å². The number of amides is 1. The zero-order valence-corrected chi connectivity index (χ0v) is 21.0. The quantitative estimate of drug-likeness (QED) is 0.602. The van der Waals surface area contributed by atoms with Gasteiger partial charge in [-0.2, -0.15) is 9.40 Å². The fourth-order valence-corrected chi connectivity index (χ4v) is 5.97. The van der Waals surface area contributed by atoms with Gasteiger partial charge in [0.25, 0.3) is 0 Å². The highest BCUT2D eigenvalue weighted by molar-refractivity contribution is 7.89. The lowest BCUT2D eigenvalue weighted by Gasteiger charge is -2.30. The number of hydrogen-bond acceptors (Lipinski definition) is 4. The Morgan fingerprint density at radius 2 is 1.88 bits per heavy atom. The Morgan fingerprint density at radius 1 is 1.19 bits per heavy atom. The third kappa shape index (κ3) is 4.76. The van der Waals surface area contributed by atoms with E-state index in [0.717, 1.165) is 47.6 Å². The summed E-state index contributed by atoms with van der Waals surface area (Å²) >= 11 is 0. The number of carbonyl (C=O) groups is 1. The van der Waals surface area contributed by atoms with Gasteiger partial charge in [-0.15, -0.1) is 0 Å². The van der Waals surface area contributed by atoms with E-state index in [4.69, 9.17) is 0 Å². The van der Waals surface area contributed by atoms with Gasteiger partial charge in [-0.1, -0.05) is 27.7 Å². The molecule has 1 amide bonds. The van der Waals surface area contributed by atoms with Crippen molar-refractivity contribution in [2.75, 3.05) is 24.5 Å². The zero-order valence-electron chi connectivity index (χ0n) is 20.2. The summed E-state index contributed by atoms with van der Waals surface area (Å²) in [4.78, 5) is 15.4. The Bertz CT molecular complexity index is 1080. The summed E-state index contributed by atoms with van der Waals surface area (Å²) < 4.78 is 29.3. The van der Waals surface area contributed by atoms with Gasteiger partial charge in [0, 0.05) is 43.1 Å². The highest BCUT2D eigenvalue weighted by atomic mass is 32.2. The number of fused-ring (bicyclic) bond motifs is 1. The number of benzene rings is 1. The summed E-state index contributed by atoms with van der Waals surface area (Å²) in [6, 6.07) is 5.18. The summed E-state index contributed by atoms with van der Waals surface area (Å²) in [5.41, 5.74) is 4.67. The molecule has 0 saturated heterocycles. The van der Waals surface area contributed by atoms with Gasteiger partial charge in [-0.05, 0) is 56.4 Å². The van der Waals surface area contributed by atoms with Gasteiger partial charge in [-0.25, -0.2) is 8.42 Å². The summed E-state index contributed by atoms with van der Waals surface area (Å²) in [6.07, 6.45) is 1.89. The van der Waals surface area contributed by atoms with Gasteiger partial charge in [0.15, 0.2) is 0 Å². The SMILES string of the molecule is CCN(CC)S(=O)(=O)c1ccc2c(c1)CCCN2C(=O)Cc1c(C)nn(CC(C)C)c1C. The number of anilines is 1. The Morgan fingerprint density at radius 3 is 2.50 bits per heavy atom. The van der Waals surface area contributed by atoms with Gasteiger partial charge in [0.1, 0.15) is 0 Å². The number of nitrogens with zero attached hydrogens (tertiary/aromatic N) is 4. The minimum atomic E-state index is -3.52. The normalized spacial score (nSPS) is 14.3. The summed E-state index contributed by atoms with van der Waals surface area (Å²) in [6.45, 7) is 14.3. The van der Waals surface area contributed by atoms with Gasteiger partial charge in [-0.3, -0.25) is 9.48 Å². The Kier molecular flexibility index (Phi) is 7.45. The molecule has 7 nitrogen and oxygen atoms in total. The predicted molar refractivity (Wildman–Crippen MR) is 127 cm³/mol. The van der Waals surface area contributed by atoms with E-state index in [1.54, 1.807) is 18.2 Å². The molecular weight excluding hydrogens is 424 g/mol. The van der Waals surface area contributed by atoms with E-state index in [1.807, 2.05) is 37.3 Å². The molecule has 1 aromatic carbocycles. The Hall–Kier alpha value is -2.19. The molecule has 1 aromatic heterocycles. The van der Waals surface area contributed by atoms with Gasteiger partial charge in [0.05, 0.1) is 17.0 Å². The van der Waals surface area contributed by atoms with Crippen LogP contribution in [0.15, 0.2) is 23.1 Å². The number of rotatable bonds is 8. The molecule has 0 saturated carbocycles. The highest BCUT2D eigenvalue weighted by Crippen LogP contribution is 2.31. The smallest absolute Gasteiger partial charge is 0.243 e. The van der Waals surface area contributed by atoms with Crippen LogP contribution >= 0.6 is 0 Å². The van der Waals surface area contributed by atoms with Crippen LogP contribution in [0, 0.1) is 19.8 Å². The molecule has 0 aliphatic carbocycles. The molecule has 8 heteroatoms. The molecule has 0 N–H and O–H groups in total. The van der Waals surface area contributed by atoms with Crippen LogP contribution in [0.5, 0.6) is 0 Å². The second-order valence-electron chi connectivity index (χ2n) is 8.93. The fourth-order valence-electron chi connectivity index (χ4n) is 4.47. The molecular formula is C24H36N4O3S. The van der Waals surface area contributed by atoms with Crippen LogP contribution in [0.3, 0.4) is 0 Å². The van der Waals surface area contributed by atoms with Crippen LogP contribution in [0.4, 0.5) is 5.69 Å². The molecule has 2 aromatic rings. The molecule has 176 valence electrons. The maximum absolute atomic E-state index is 13.3. The van der Waals surface area contributed by atoms with Crippen molar-refractivity contribution in [3.8, 4) is 0 Å². The molecule has 32 heavy (non-hydrogen) atoms. The third-order valence-electron chi connectivity index (χ3n) is 6.21. The highest BCUT2D eigenvalue weighted by Gasteiger charge is 2.28. The third-order valence-corrected chi connectivity index (χ3v) is 8.26. The molecule has 0 radical (unpaired) electrons. The van der Waals surface area contributed by atoms with Crippen molar-refractivity contribution in [2.45, 2.75) is 72.2 Å². The first-order valence-corrected chi connectivity index (χ1v) is 13.0. The lowest BCUT2D eigenvalue weighted by atomic mass is 10.0. The maximum atomic E-state index is 13.3. The number of carbonyl (C=O) groups excluding carboxylic acids is 1. The largest absolute Gasteiger partial charge is 0.312 e. The van der Waals surface area contributed by atoms with Gasteiger partial charge in [0.2, 0.25) is 15.9 Å². The predicted octanol–water partition coefficient (Wildman–Crippen LogP) is 3.71. The van der Waals surface area contributed by atoms with Crippen LogP contribution in [0.25, 0.3) is 0 Å². The van der Waals surface area contributed by atoms with Gasteiger partial charge >= 0.3 is 0 Å². The van der Waals surface area contributed by atoms with Crippen molar-refractivity contribution in [1.82, 2.24) is 14.1 Å². The molecule has 2 heterocycles. The molecule has 3 rings (SSSR count). The standard InChI is InChI=1S/C24H36N4O3S/c1-7-26(8-2)32(30,31)21-11-12-23-20(14-21)10-9-13-27(23)24(29)15-22-18(5)25-28(19(22)6)16-17(3)4/h11-12,14,17H,7-10,13,15-16H2,1-6H3. The zero-order chi connectivity index (χ0) is 23.6. The maximum Gasteiger partial charge on any atom is 0.243 e. The lowest BCUT2D eigenvalue weighted by molar-refractivity contribution is -0.118. The minimum absolute atomic E-state index is 0.0283. The summed E-state index contributed by atoms with van der Waals surface area (Å²) in [7, 11) is -3.52. The Balaban J connectivity index is 1.87. The molecule has 0 spiro atoms. The molecule has 0 atom stereocenters. The van der Waals surface area contributed by atoms with Crippen molar-refractivity contribution >= 4 is 21.6 Å². The van der Waals surface area contributed by atoms with Crippen LogP contribution in [-0.2, 0) is 34.2 Å². The summed E-state index contributed by atoms with van der Waals surface area (Å²) in [5, 5.41) is 4.64. The van der Waals surface area contributed by atoms with Crippen molar-refractivity contribution in [1.29, 1.82) is 0 Å². The first kappa shape index (κ1) is 24.5.